The summed E-state index contributed by atoms with van der Waals surface area (Å²) in [5.74, 6) is -2.56. The zero-order valence-corrected chi connectivity index (χ0v) is 23.0. The van der Waals surface area contributed by atoms with E-state index in [2.05, 4.69) is 5.32 Å². The van der Waals surface area contributed by atoms with Crippen molar-refractivity contribution in [2.24, 2.45) is 5.92 Å². The molecule has 0 bridgehead atoms. The molecule has 1 amide bonds. The maximum atomic E-state index is 14.2. The number of anilines is 1. The number of benzene rings is 3. The fourth-order valence-corrected chi connectivity index (χ4v) is 5.84. The fraction of sp³-hybridized carbons (Fsp3) is 0.167. The first-order valence-corrected chi connectivity index (χ1v) is 12.9. The number of rotatable bonds is 6. The van der Waals surface area contributed by atoms with Crippen LogP contribution in [0.25, 0.3) is 0 Å². The van der Waals surface area contributed by atoms with Crippen molar-refractivity contribution in [3.05, 3.63) is 95.7 Å². The molecule has 3 aromatic carbocycles. The van der Waals surface area contributed by atoms with Crippen LogP contribution in [0.2, 0.25) is 15.1 Å². The topological polar surface area (TPSA) is 46.2 Å². The summed E-state index contributed by atoms with van der Waals surface area (Å²) in [7, 11) is 0. The summed E-state index contributed by atoms with van der Waals surface area (Å²) in [6, 6.07) is 14.0. The summed E-state index contributed by atoms with van der Waals surface area (Å²) < 4.78 is 13.6. The third-order valence-electron chi connectivity index (χ3n) is 5.48. The standard InChI is InChI=1S/C24H14Cl5FINO2/c25-13-5-12(6-14(26)8-13)21-22(24(21,28)29)23(34)32-16-3-4-18(27)17(10-16)20(33)7-11-1-2-15(31)9-19(11)30/h1-6,8-10,21-22H,7H2,(H,32,34). The molecule has 0 aliphatic heterocycles. The van der Waals surface area contributed by atoms with Crippen LogP contribution >= 0.6 is 80.6 Å². The zero-order chi connectivity index (χ0) is 24.8. The molecule has 34 heavy (non-hydrogen) atoms. The normalized spacial score (nSPS) is 18.4. The Kier molecular flexibility index (Phi) is 7.73. The molecule has 0 aromatic heterocycles. The lowest BCUT2D eigenvalue weighted by Crippen LogP contribution is -2.17. The average molecular weight is 672 g/mol. The SMILES string of the molecule is O=C(Cc1ccc(I)cc1F)c1cc(NC(=O)C2C(c3cc(Cl)cc(Cl)c3)C2(Cl)Cl)ccc1Cl. The van der Waals surface area contributed by atoms with Gasteiger partial charge in [0.15, 0.2) is 5.78 Å². The Morgan fingerprint density at radius 2 is 1.65 bits per heavy atom. The minimum absolute atomic E-state index is 0.161. The van der Waals surface area contributed by atoms with E-state index in [4.69, 9.17) is 58.0 Å². The second-order valence-corrected chi connectivity index (χ2v) is 11.8. The van der Waals surface area contributed by atoms with Crippen molar-refractivity contribution in [1.29, 1.82) is 0 Å². The Morgan fingerprint density at radius 3 is 2.29 bits per heavy atom. The van der Waals surface area contributed by atoms with E-state index < -0.39 is 27.9 Å². The molecule has 4 rings (SSSR count). The van der Waals surface area contributed by atoms with Gasteiger partial charge in [0.2, 0.25) is 5.91 Å². The summed E-state index contributed by atoms with van der Waals surface area (Å²) in [5.41, 5.74) is 1.40. The van der Waals surface area contributed by atoms with Gasteiger partial charge in [0.1, 0.15) is 10.2 Å². The molecule has 0 heterocycles. The molecule has 2 atom stereocenters. The second-order valence-electron chi connectivity index (χ2n) is 7.85. The fourth-order valence-electron chi connectivity index (χ4n) is 3.79. The Labute approximate surface area is 234 Å². The van der Waals surface area contributed by atoms with Gasteiger partial charge in [0.25, 0.3) is 0 Å². The second kappa shape index (κ2) is 10.1. The van der Waals surface area contributed by atoms with Gasteiger partial charge in [-0.3, -0.25) is 9.59 Å². The molecule has 2 unspecified atom stereocenters. The van der Waals surface area contributed by atoms with Crippen LogP contribution < -0.4 is 5.32 Å². The zero-order valence-electron chi connectivity index (χ0n) is 17.0. The molecule has 176 valence electrons. The van der Waals surface area contributed by atoms with E-state index in [1.54, 1.807) is 36.4 Å². The van der Waals surface area contributed by atoms with E-state index in [-0.39, 0.29) is 28.4 Å². The Hall–Kier alpha value is -1.09. The van der Waals surface area contributed by atoms with Gasteiger partial charge in [0, 0.05) is 37.2 Å². The highest BCUT2D eigenvalue weighted by atomic mass is 127. The molecule has 1 aliphatic carbocycles. The summed E-state index contributed by atoms with van der Waals surface area (Å²) in [5, 5.41) is 3.74. The van der Waals surface area contributed by atoms with Crippen LogP contribution in [0.3, 0.4) is 0 Å². The number of halogens is 7. The Balaban J connectivity index is 1.52. The van der Waals surface area contributed by atoms with Crippen LogP contribution in [-0.4, -0.2) is 16.0 Å². The molecule has 1 fully saturated rings. The molecular weight excluding hydrogens is 657 g/mol. The minimum atomic E-state index is -1.34. The molecule has 1 N–H and O–H groups in total. The first-order valence-electron chi connectivity index (χ1n) is 9.88. The highest BCUT2D eigenvalue weighted by molar-refractivity contribution is 14.1. The highest BCUT2D eigenvalue weighted by Crippen LogP contribution is 2.65. The third-order valence-corrected chi connectivity index (χ3v) is 7.86. The third kappa shape index (κ3) is 5.50. The van der Waals surface area contributed by atoms with Crippen molar-refractivity contribution in [3.8, 4) is 0 Å². The molecular formula is C24H14Cl5FINO2. The molecule has 1 aliphatic rings. The van der Waals surface area contributed by atoms with Crippen molar-refractivity contribution >= 4 is 98.0 Å². The van der Waals surface area contributed by atoms with Crippen LogP contribution in [0.1, 0.15) is 27.4 Å². The van der Waals surface area contributed by atoms with Gasteiger partial charge in [-0.25, -0.2) is 4.39 Å². The monoisotopic (exact) mass is 669 g/mol. The molecule has 3 aromatic rings. The predicted octanol–water partition coefficient (Wildman–Crippen LogP) is 8.34. The van der Waals surface area contributed by atoms with Crippen LogP contribution in [0.15, 0.2) is 54.6 Å². The number of carbonyl (C=O) groups is 2. The maximum absolute atomic E-state index is 14.2. The van der Waals surface area contributed by atoms with Crippen molar-refractivity contribution in [3.63, 3.8) is 0 Å². The smallest absolute Gasteiger partial charge is 0.231 e. The number of amides is 1. The predicted molar refractivity (Wildman–Crippen MR) is 144 cm³/mol. The van der Waals surface area contributed by atoms with Crippen LogP contribution in [0.4, 0.5) is 10.1 Å². The van der Waals surface area contributed by atoms with Gasteiger partial charge in [-0.05, 0) is 82.2 Å². The van der Waals surface area contributed by atoms with E-state index in [0.717, 1.165) is 3.57 Å². The number of Topliss-reactive ketones (excluding diaryl/α,β-unsaturated/α-hetero) is 1. The summed E-state index contributed by atoms with van der Waals surface area (Å²) in [6.07, 6.45) is -0.174. The molecule has 0 saturated heterocycles. The highest BCUT2D eigenvalue weighted by Gasteiger charge is 2.67. The molecule has 0 radical (unpaired) electrons. The molecule has 3 nitrogen and oxygen atoms in total. The summed E-state index contributed by atoms with van der Waals surface area (Å²) in [4.78, 5) is 25.8. The van der Waals surface area contributed by atoms with Crippen molar-refractivity contribution in [1.82, 2.24) is 0 Å². The van der Waals surface area contributed by atoms with Gasteiger partial charge < -0.3 is 5.32 Å². The van der Waals surface area contributed by atoms with E-state index in [1.807, 2.05) is 22.6 Å². The number of hydrogen-bond acceptors (Lipinski definition) is 2. The maximum Gasteiger partial charge on any atom is 0.231 e. The van der Waals surface area contributed by atoms with Gasteiger partial charge in [-0.2, -0.15) is 0 Å². The van der Waals surface area contributed by atoms with Crippen molar-refractivity contribution < 1.29 is 14.0 Å². The summed E-state index contributed by atoms with van der Waals surface area (Å²) in [6.45, 7) is 0. The lowest BCUT2D eigenvalue weighted by atomic mass is 10.0. The first-order chi connectivity index (χ1) is 16.0. The van der Waals surface area contributed by atoms with Crippen molar-refractivity contribution in [2.45, 2.75) is 16.7 Å². The van der Waals surface area contributed by atoms with Crippen LogP contribution in [0, 0.1) is 15.3 Å². The van der Waals surface area contributed by atoms with Crippen LogP contribution in [-0.2, 0) is 11.2 Å². The van der Waals surface area contributed by atoms with E-state index in [9.17, 15) is 14.0 Å². The Morgan fingerprint density at radius 1 is 0.971 bits per heavy atom. The van der Waals surface area contributed by atoms with Gasteiger partial charge in [-0.15, -0.1) is 23.2 Å². The summed E-state index contributed by atoms with van der Waals surface area (Å²) >= 11 is 33.2. The lowest BCUT2D eigenvalue weighted by molar-refractivity contribution is -0.117. The van der Waals surface area contributed by atoms with Crippen molar-refractivity contribution in [2.75, 3.05) is 5.32 Å². The van der Waals surface area contributed by atoms with E-state index >= 15 is 0 Å². The Bertz CT molecular complexity index is 1300. The van der Waals surface area contributed by atoms with Gasteiger partial charge in [0.05, 0.1) is 10.9 Å². The lowest BCUT2D eigenvalue weighted by Gasteiger charge is -2.10. The molecule has 10 heteroatoms. The van der Waals surface area contributed by atoms with E-state index in [1.165, 1.54) is 18.2 Å². The number of carbonyl (C=O) groups excluding carboxylic acids is 2. The van der Waals surface area contributed by atoms with Gasteiger partial charge in [-0.1, -0.05) is 40.9 Å². The molecule has 1 saturated carbocycles. The number of hydrogen-bond donors (Lipinski definition) is 1. The molecule has 0 spiro atoms. The van der Waals surface area contributed by atoms with Gasteiger partial charge >= 0.3 is 0 Å². The number of ketones is 1. The first kappa shape index (κ1) is 26.0. The number of nitrogens with one attached hydrogen (secondary N) is 1. The number of alkyl halides is 2. The largest absolute Gasteiger partial charge is 0.326 e. The van der Waals surface area contributed by atoms with E-state index in [0.29, 0.717) is 21.3 Å². The average Bonchev–Trinajstić information content (AvgIpc) is 3.33. The quantitative estimate of drug-likeness (QED) is 0.163. The minimum Gasteiger partial charge on any atom is -0.326 e. The van der Waals surface area contributed by atoms with Crippen LogP contribution in [0.5, 0.6) is 0 Å².